The number of hydrogen-bond donors (Lipinski definition) is 0. The van der Waals surface area contributed by atoms with Crippen LogP contribution < -0.4 is 9.64 Å². The summed E-state index contributed by atoms with van der Waals surface area (Å²) in [5, 5.41) is 2.94. The molecule has 114 valence electrons. The molecule has 3 rings (SSSR count). The van der Waals surface area contributed by atoms with Crippen molar-refractivity contribution in [1.29, 1.82) is 0 Å². The number of methoxy groups -OCH3 is 1. The van der Waals surface area contributed by atoms with Crippen LogP contribution in [0.4, 0.5) is 5.69 Å². The maximum atomic E-state index is 6.14. The maximum absolute atomic E-state index is 6.14. The Morgan fingerprint density at radius 2 is 1.77 bits per heavy atom. The van der Waals surface area contributed by atoms with Crippen molar-refractivity contribution in [3.63, 3.8) is 0 Å². The first-order valence-corrected chi connectivity index (χ1v) is 7.87. The molecule has 0 amide bonds. The molecule has 0 spiro atoms. The Kier molecular flexibility index (Phi) is 4.08. The molecule has 1 heterocycles. The van der Waals surface area contributed by atoms with Crippen LogP contribution in [0.1, 0.15) is 13.8 Å². The number of hydrogen-bond acceptors (Lipinski definition) is 3. The largest absolute Gasteiger partial charge is 0.497 e. The van der Waals surface area contributed by atoms with Gasteiger partial charge in [0.2, 0.25) is 0 Å². The first-order chi connectivity index (χ1) is 10.7. The quantitative estimate of drug-likeness (QED) is 0.641. The lowest BCUT2D eigenvalue weighted by Gasteiger charge is -2.25. The monoisotopic (exact) mass is 314 g/mol. The summed E-state index contributed by atoms with van der Waals surface area (Å²) in [6.45, 7) is 6.20. The van der Waals surface area contributed by atoms with Crippen molar-refractivity contribution >= 4 is 39.1 Å². The highest BCUT2D eigenvalue weighted by Crippen LogP contribution is 2.36. The van der Waals surface area contributed by atoms with E-state index in [9.17, 15) is 0 Å². The lowest BCUT2D eigenvalue weighted by molar-refractivity contribution is 0.415. The van der Waals surface area contributed by atoms with Gasteiger partial charge in [0, 0.05) is 28.9 Å². The number of benzene rings is 2. The Labute approximate surface area is 135 Å². The van der Waals surface area contributed by atoms with Crippen molar-refractivity contribution in [2.75, 3.05) is 25.1 Å². The Morgan fingerprint density at radius 1 is 1.00 bits per heavy atom. The highest BCUT2D eigenvalue weighted by Gasteiger charge is 2.14. The highest BCUT2D eigenvalue weighted by atomic mass is 35.5. The topological polar surface area (TPSA) is 25.4 Å². The number of nitrogens with zero attached hydrogens (tertiary/aromatic N) is 2. The summed E-state index contributed by atoms with van der Waals surface area (Å²) in [4.78, 5) is 7.11. The average Bonchev–Trinajstić information content (AvgIpc) is 2.54. The second-order valence-electron chi connectivity index (χ2n) is 5.18. The number of anilines is 1. The molecule has 4 heteroatoms. The molecule has 0 radical (unpaired) electrons. The van der Waals surface area contributed by atoms with Crippen LogP contribution in [0, 0.1) is 0 Å². The molecule has 0 aliphatic heterocycles. The van der Waals surface area contributed by atoms with Gasteiger partial charge in [-0.2, -0.15) is 0 Å². The van der Waals surface area contributed by atoms with E-state index in [2.05, 4.69) is 30.9 Å². The van der Waals surface area contributed by atoms with E-state index < -0.39 is 0 Å². The number of aromatic nitrogens is 1. The van der Waals surface area contributed by atoms with Gasteiger partial charge in [-0.1, -0.05) is 11.6 Å². The van der Waals surface area contributed by atoms with E-state index in [1.54, 1.807) is 7.11 Å². The minimum absolute atomic E-state index is 0.707. The van der Waals surface area contributed by atoms with Crippen molar-refractivity contribution in [3.05, 3.63) is 41.4 Å². The van der Waals surface area contributed by atoms with E-state index >= 15 is 0 Å². The number of halogens is 1. The lowest BCUT2D eigenvalue weighted by atomic mass is 10.1. The van der Waals surface area contributed by atoms with Crippen LogP contribution in [0.5, 0.6) is 5.75 Å². The molecule has 0 saturated heterocycles. The SMILES string of the molecule is CCN(CC)c1c2ccc(Cl)cc2nc2ccc(OC)cc12. The van der Waals surface area contributed by atoms with Gasteiger partial charge in [-0.25, -0.2) is 4.98 Å². The van der Waals surface area contributed by atoms with E-state index in [1.165, 1.54) is 5.69 Å². The summed E-state index contributed by atoms with van der Waals surface area (Å²) in [6, 6.07) is 11.9. The van der Waals surface area contributed by atoms with Crippen LogP contribution >= 0.6 is 11.6 Å². The summed E-state index contributed by atoms with van der Waals surface area (Å²) < 4.78 is 5.39. The van der Waals surface area contributed by atoms with Crippen LogP contribution in [0.2, 0.25) is 5.02 Å². The second kappa shape index (κ2) is 6.01. The van der Waals surface area contributed by atoms with Crippen LogP contribution in [0.15, 0.2) is 36.4 Å². The van der Waals surface area contributed by atoms with Gasteiger partial charge in [0.1, 0.15) is 5.75 Å². The smallest absolute Gasteiger partial charge is 0.119 e. The molecule has 1 aromatic heterocycles. The van der Waals surface area contributed by atoms with Crippen LogP contribution in [-0.2, 0) is 0 Å². The van der Waals surface area contributed by atoms with Gasteiger partial charge in [0.25, 0.3) is 0 Å². The van der Waals surface area contributed by atoms with Gasteiger partial charge in [-0.05, 0) is 50.2 Å². The normalized spacial score (nSPS) is 11.1. The van der Waals surface area contributed by atoms with Gasteiger partial charge in [0.05, 0.1) is 23.8 Å². The summed E-state index contributed by atoms with van der Waals surface area (Å²) >= 11 is 6.14. The van der Waals surface area contributed by atoms with E-state index in [0.717, 1.165) is 40.6 Å². The molecule has 0 aliphatic carbocycles. The fourth-order valence-electron chi connectivity index (χ4n) is 2.88. The first-order valence-electron chi connectivity index (χ1n) is 7.49. The minimum atomic E-state index is 0.707. The number of fused-ring (bicyclic) bond motifs is 2. The van der Waals surface area contributed by atoms with Gasteiger partial charge in [0.15, 0.2) is 0 Å². The van der Waals surface area contributed by atoms with Crippen LogP contribution in [0.3, 0.4) is 0 Å². The molecule has 2 aromatic carbocycles. The Morgan fingerprint density at radius 3 is 2.45 bits per heavy atom. The first kappa shape index (κ1) is 14.9. The van der Waals surface area contributed by atoms with E-state index in [4.69, 9.17) is 21.3 Å². The zero-order valence-electron chi connectivity index (χ0n) is 13.1. The van der Waals surface area contributed by atoms with Gasteiger partial charge in [-0.15, -0.1) is 0 Å². The van der Waals surface area contributed by atoms with Gasteiger partial charge >= 0.3 is 0 Å². The van der Waals surface area contributed by atoms with Crippen molar-refractivity contribution in [3.8, 4) is 5.75 Å². The maximum Gasteiger partial charge on any atom is 0.119 e. The van der Waals surface area contributed by atoms with E-state index in [-0.39, 0.29) is 0 Å². The summed E-state index contributed by atoms with van der Waals surface area (Å²) in [6.07, 6.45) is 0. The van der Waals surface area contributed by atoms with E-state index in [0.29, 0.717) is 5.02 Å². The molecule has 22 heavy (non-hydrogen) atoms. The lowest BCUT2D eigenvalue weighted by Crippen LogP contribution is -2.22. The molecule has 0 fully saturated rings. The fourth-order valence-corrected chi connectivity index (χ4v) is 3.05. The number of ether oxygens (including phenoxy) is 1. The zero-order chi connectivity index (χ0) is 15.7. The molecule has 3 aromatic rings. The van der Waals surface area contributed by atoms with Crippen molar-refractivity contribution in [2.45, 2.75) is 13.8 Å². The fraction of sp³-hybridized carbons (Fsp3) is 0.278. The Hall–Kier alpha value is -2.00. The van der Waals surface area contributed by atoms with Crippen LogP contribution in [0.25, 0.3) is 21.8 Å². The molecule has 3 nitrogen and oxygen atoms in total. The molecule has 0 unspecified atom stereocenters. The van der Waals surface area contributed by atoms with Gasteiger partial charge in [-0.3, -0.25) is 0 Å². The molecule has 0 bridgehead atoms. The summed E-state index contributed by atoms with van der Waals surface area (Å²) in [5.41, 5.74) is 3.07. The standard InChI is InChI=1S/C18H19ClN2O/c1-4-21(5-2)18-14-8-6-12(19)10-17(14)20-16-9-7-13(22-3)11-15(16)18/h6-11H,4-5H2,1-3H3. The van der Waals surface area contributed by atoms with Crippen LogP contribution in [-0.4, -0.2) is 25.2 Å². The minimum Gasteiger partial charge on any atom is -0.497 e. The zero-order valence-corrected chi connectivity index (χ0v) is 13.8. The average molecular weight is 315 g/mol. The summed E-state index contributed by atoms with van der Waals surface area (Å²) in [5.74, 6) is 0.844. The van der Waals surface area contributed by atoms with E-state index in [1.807, 2.05) is 24.3 Å². The molecule has 0 aliphatic rings. The van der Waals surface area contributed by atoms with Crippen molar-refractivity contribution in [2.24, 2.45) is 0 Å². The van der Waals surface area contributed by atoms with Crippen molar-refractivity contribution < 1.29 is 4.74 Å². The third-order valence-corrected chi connectivity index (χ3v) is 4.23. The summed E-state index contributed by atoms with van der Waals surface area (Å²) in [7, 11) is 1.69. The molecular weight excluding hydrogens is 296 g/mol. The Bertz CT molecular complexity index is 828. The van der Waals surface area contributed by atoms with Gasteiger partial charge < -0.3 is 9.64 Å². The molecule has 0 saturated carbocycles. The third kappa shape index (κ3) is 2.46. The van der Waals surface area contributed by atoms with Crippen molar-refractivity contribution in [1.82, 2.24) is 4.98 Å². The molecule has 0 N–H and O–H groups in total. The number of pyridine rings is 1. The molecule has 0 atom stereocenters. The Balaban J connectivity index is 2.44. The number of rotatable bonds is 4. The predicted molar refractivity (Wildman–Crippen MR) is 94.4 cm³/mol. The highest BCUT2D eigenvalue weighted by molar-refractivity contribution is 6.31. The third-order valence-electron chi connectivity index (χ3n) is 3.99. The predicted octanol–water partition coefficient (Wildman–Crippen LogP) is 4.90. The molecular formula is C18H19ClN2O. The second-order valence-corrected chi connectivity index (χ2v) is 5.61.